The van der Waals surface area contributed by atoms with Gasteiger partial charge in [-0.2, -0.15) is 5.10 Å². The topological polar surface area (TPSA) is 125 Å². The first-order valence-electron chi connectivity index (χ1n) is 13.2. The normalized spacial score (nSPS) is 15.2. The maximum absolute atomic E-state index is 12.9. The number of Topliss-reactive ketones (excluding diaryl/α,β-unsaturated/α-hetero) is 1. The third-order valence-electron chi connectivity index (χ3n) is 7.29. The zero-order valence-corrected chi connectivity index (χ0v) is 22.7. The van der Waals surface area contributed by atoms with Gasteiger partial charge in [-0.15, -0.1) is 0 Å². The predicted molar refractivity (Wildman–Crippen MR) is 152 cm³/mol. The van der Waals surface area contributed by atoms with Gasteiger partial charge in [0.2, 0.25) is 5.91 Å². The number of likely N-dealkylation sites (tertiary alicyclic amines) is 1. The smallest absolute Gasteiger partial charge is 0.246 e. The molecule has 0 aliphatic carbocycles. The fourth-order valence-electron chi connectivity index (χ4n) is 5.14. The van der Waals surface area contributed by atoms with Crippen molar-refractivity contribution in [3.05, 3.63) is 72.6 Å². The first-order chi connectivity index (χ1) is 19.4. The van der Waals surface area contributed by atoms with Crippen LogP contribution in [0.2, 0.25) is 0 Å². The average Bonchev–Trinajstić information content (AvgIpc) is 3.40. The molecule has 0 bridgehead atoms. The third-order valence-corrected chi connectivity index (χ3v) is 7.29. The summed E-state index contributed by atoms with van der Waals surface area (Å²) in [6, 6.07) is 13.1. The Labute approximate surface area is 232 Å². The van der Waals surface area contributed by atoms with Gasteiger partial charge < -0.3 is 20.1 Å². The summed E-state index contributed by atoms with van der Waals surface area (Å²) in [7, 11) is 3.12. The summed E-state index contributed by atoms with van der Waals surface area (Å²) in [4.78, 5) is 35.6. The summed E-state index contributed by atoms with van der Waals surface area (Å²) in [6.45, 7) is 4.84. The largest absolute Gasteiger partial charge is 0.497 e. The number of hydrogen-bond donors (Lipinski definition) is 1. The molecule has 0 spiro atoms. The maximum atomic E-state index is 12.9. The number of nitrogens with zero attached hydrogens (tertiary/aromatic N) is 5. The van der Waals surface area contributed by atoms with Gasteiger partial charge in [0.15, 0.2) is 11.4 Å². The van der Waals surface area contributed by atoms with Crippen LogP contribution in [0, 0.1) is 0 Å². The maximum Gasteiger partial charge on any atom is 0.246 e. The highest BCUT2D eigenvalue weighted by atomic mass is 16.5. The number of nitrogen functional groups attached to an aromatic ring is 1. The number of methoxy groups -OCH3 is 2. The molecule has 10 heteroatoms. The first kappa shape index (κ1) is 26.9. The van der Waals surface area contributed by atoms with E-state index in [-0.39, 0.29) is 17.7 Å². The highest BCUT2D eigenvalue weighted by molar-refractivity contribution is 5.98. The number of fused-ring (bicyclic) bond motifs is 1. The molecule has 0 saturated carbocycles. The third kappa shape index (κ3) is 5.38. The standard InChI is InChI=1S/C30H32N6O4/c1-4-26(38)35-13-5-6-22(17-35)36-30-27(29(31)32-18-33-30)28(34-36)20-10-7-19(8-11-20)9-12-25(37)21-14-23(39-2)16-24(15-21)40-3/h4,7-8,10-11,14-16,18,22H,1,5-6,9,12-13,17H2,2-3H3,(H2,31,32,33). The van der Waals surface area contributed by atoms with E-state index in [1.165, 1.54) is 12.4 Å². The molecule has 1 aliphatic rings. The number of aromatic nitrogens is 4. The highest BCUT2D eigenvalue weighted by Gasteiger charge is 2.28. The van der Waals surface area contributed by atoms with Crippen LogP contribution in [0.5, 0.6) is 11.5 Å². The Balaban J connectivity index is 1.37. The summed E-state index contributed by atoms with van der Waals surface area (Å²) < 4.78 is 12.4. The monoisotopic (exact) mass is 540 g/mol. The van der Waals surface area contributed by atoms with Crippen molar-refractivity contribution in [2.24, 2.45) is 0 Å². The van der Waals surface area contributed by atoms with Crippen molar-refractivity contribution >= 4 is 28.5 Å². The van der Waals surface area contributed by atoms with E-state index in [1.54, 1.807) is 37.3 Å². The van der Waals surface area contributed by atoms with E-state index < -0.39 is 0 Å². The minimum absolute atomic E-state index is 0.00685. The van der Waals surface area contributed by atoms with Gasteiger partial charge in [0, 0.05) is 36.7 Å². The predicted octanol–water partition coefficient (Wildman–Crippen LogP) is 4.26. The number of carbonyl (C=O) groups is 2. The molecule has 5 rings (SSSR count). The Hall–Kier alpha value is -4.73. The minimum atomic E-state index is -0.0878. The molecule has 1 aliphatic heterocycles. The lowest BCUT2D eigenvalue weighted by Gasteiger charge is -2.32. The van der Waals surface area contributed by atoms with Crippen LogP contribution in [0.3, 0.4) is 0 Å². The van der Waals surface area contributed by atoms with E-state index in [9.17, 15) is 9.59 Å². The Morgan fingerprint density at radius 3 is 2.50 bits per heavy atom. The second-order valence-electron chi connectivity index (χ2n) is 9.76. The van der Waals surface area contributed by atoms with Gasteiger partial charge in [-0.3, -0.25) is 9.59 Å². The van der Waals surface area contributed by atoms with Crippen LogP contribution in [0.15, 0.2) is 61.4 Å². The second-order valence-corrected chi connectivity index (χ2v) is 9.76. The fourth-order valence-corrected chi connectivity index (χ4v) is 5.14. The summed E-state index contributed by atoms with van der Waals surface area (Å²) in [5, 5.41) is 5.62. The van der Waals surface area contributed by atoms with Crippen molar-refractivity contribution < 1.29 is 19.1 Å². The molecule has 1 fully saturated rings. The van der Waals surface area contributed by atoms with E-state index in [1.807, 2.05) is 28.9 Å². The zero-order chi connectivity index (χ0) is 28.2. The first-order valence-corrected chi connectivity index (χ1v) is 13.2. The van der Waals surface area contributed by atoms with Gasteiger partial charge in [-0.05, 0) is 43.0 Å². The van der Waals surface area contributed by atoms with Gasteiger partial charge in [-0.25, -0.2) is 14.6 Å². The van der Waals surface area contributed by atoms with E-state index >= 15 is 0 Å². The number of benzene rings is 2. The molecular weight excluding hydrogens is 508 g/mol. The van der Waals surface area contributed by atoms with Crippen LogP contribution in [0.1, 0.15) is 41.2 Å². The molecule has 206 valence electrons. The molecular formula is C30H32N6O4. The Kier molecular flexibility index (Phi) is 7.77. The summed E-state index contributed by atoms with van der Waals surface area (Å²) in [6.07, 6.45) is 5.43. The van der Waals surface area contributed by atoms with Crippen LogP contribution in [0.4, 0.5) is 5.82 Å². The number of aryl methyl sites for hydroxylation is 1. The summed E-state index contributed by atoms with van der Waals surface area (Å²) in [5.41, 5.74) is 10.1. The number of ether oxygens (including phenoxy) is 2. The lowest BCUT2D eigenvalue weighted by Crippen LogP contribution is -2.40. The molecule has 1 amide bonds. The van der Waals surface area contributed by atoms with Crippen LogP contribution in [0.25, 0.3) is 22.3 Å². The molecule has 3 heterocycles. The van der Waals surface area contributed by atoms with Crippen LogP contribution >= 0.6 is 0 Å². The molecule has 2 aromatic heterocycles. The summed E-state index contributed by atoms with van der Waals surface area (Å²) in [5.74, 6) is 1.43. The Bertz CT molecular complexity index is 1540. The zero-order valence-electron chi connectivity index (χ0n) is 22.7. The highest BCUT2D eigenvalue weighted by Crippen LogP contribution is 2.34. The molecule has 40 heavy (non-hydrogen) atoms. The lowest BCUT2D eigenvalue weighted by atomic mass is 10.0. The molecule has 0 radical (unpaired) electrons. The van der Waals surface area contributed by atoms with Crippen LogP contribution < -0.4 is 15.2 Å². The van der Waals surface area contributed by atoms with Gasteiger partial charge in [0.25, 0.3) is 0 Å². The van der Waals surface area contributed by atoms with Crippen LogP contribution in [-0.2, 0) is 11.2 Å². The molecule has 4 aromatic rings. The number of carbonyl (C=O) groups excluding carboxylic acids is 2. The van der Waals surface area contributed by atoms with Gasteiger partial charge in [-0.1, -0.05) is 30.8 Å². The second kappa shape index (κ2) is 11.6. The van der Waals surface area contributed by atoms with Crippen molar-refractivity contribution in [1.82, 2.24) is 24.6 Å². The number of amides is 1. The summed E-state index contributed by atoms with van der Waals surface area (Å²) >= 11 is 0. The fraction of sp³-hybridized carbons (Fsp3) is 0.300. The number of hydrogen-bond acceptors (Lipinski definition) is 8. The lowest BCUT2D eigenvalue weighted by molar-refractivity contribution is -0.127. The molecule has 10 nitrogen and oxygen atoms in total. The van der Waals surface area contributed by atoms with Crippen molar-refractivity contribution in [1.29, 1.82) is 0 Å². The number of piperidine rings is 1. The Morgan fingerprint density at radius 1 is 1.10 bits per heavy atom. The van der Waals surface area contributed by atoms with E-state index in [2.05, 4.69) is 16.5 Å². The molecule has 2 aromatic carbocycles. The molecule has 1 atom stereocenters. The number of ketones is 1. The Morgan fingerprint density at radius 2 is 1.82 bits per heavy atom. The number of nitrogens with two attached hydrogens (primary N) is 1. The minimum Gasteiger partial charge on any atom is -0.497 e. The van der Waals surface area contributed by atoms with Crippen molar-refractivity contribution in [3.63, 3.8) is 0 Å². The van der Waals surface area contributed by atoms with Crippen molar-refractivity contribution in [2.45, 2.75) is 31.7 Å². The van der Waals surface area contributed by atoms with Gasteiger partial charge >= 0.3 is 0 Å². The van der Waals surface area contributed by atoms with Crippen LogP contribution in [-0.4, -0.2) is 63.6 Å². The van der Waals surface area contributed by atoms with Crippen molar-refractivity contribution in [2.75, 3.05) is 33.0 Å². The molecule has 2 N–H and O–H groups in total. The number of anilines is 1. The van der Waals surface area contributed by atoms with E-state index in [0.29, 0.717) is 65.5 Å². The van der Waals surface area contributed by atoms with E-state index in [0.717, 1.165) is 24.0 Å². The van der Waals surface area contributed by atoms with Crippen molar-refractivity contribution in [3.8, 4) is 22.8 Å². The SMILES string of the molecule is C=CC(=O)N1CCCC(n2nc(-c3ccc(CCC(=O)c4cc(OC)cc(OC)c4)cc3)c3c(N)ncnc32)C1. The quantitative estimate of drug-likeness (QED) is 0.247. The molecule has 1 saturated heterocycles. The van der Waals surface area contributed by atoms with Gasteiger partial charge in [0.1, 0.15) is 29.3 Å². The van der Waals surface area contributed by atoms with Gasteiger partial charge in [0.05, 0.1) is 25.6 Å². The van der Waals surface area contributed by atoms with E-state index in [4.69, 9.17) is 20.3 Å². The molecule has 1 unspecified atom stereocenters. The number of rotatable bonds is 9. The average molecular weight is 541 g/mol.